The average molecular weight is 261 g/mol. The second-order valence-corrected chi connectivity index (χ2v) is 4.77. The maximum absolute atomic E-state index is 12.2. The molecule has 0 spiro atoms. The van der Waals surface area contributed by atoms with E-state index in [-0.39, 0.29) is 11.6 Å². The Balaban J connectivity index is 1.75. The lowest BCUT2D eigenvalue weighted by Gasteiger charge is -2.14. The maximum Gasteiger partial charge on any atom is 0.276 e. The number of carbonyl (C=O) groups excluding carboxylic acids is 1. The number of H-pyrrole nitrogens is 2. The predicted molar refractivity (Wildman–Crippen MR) is 67.2 cm³/mol. The lowest BCUT2D eigenvalue weighted by molar-refractivity contribution is 0.0777. The van der Waals surface area contributed by atoms with Crippen LogP contribution < -0.4 is 5.73 Å². The number of amides is 1. The molecule has 4 N–H and O–H groups in total. The number of anilines is 1. The maximum atomic E-state index is 12.2. The van der Waals surface area contributed by atoms with E-state index < -0.39 is 0 Å². The highest BCUT2D eigenvalue weighted by molar-refractivity contribution is 5.97. The first kappa shape index (κ1) is 11.7. The molecule has 2 aromatic rings. The number of nitrogens with one attached hydrogen (secondary N) is 2. The fourth-order valence-electron chi connectivity index (χ4n) is 1.99. The number of hydrogen-bond acceptors (Lipinski definition) is 5. The second kappa shape index (κ2) is 4.38. The van der Waals surface area contributed by atoms with Gasteiger partial charge in [-0.3, -0.25) is 15.0 Å². The molecule has 1 aliphatic carbocycles. The van der Waals surface area contributed by atoms with Crippen molar-refractivity contribution in [2.75, 3.05) is 12.8 Å². The molecule has 1 fully saturated rings. The minimum absolute atomic E-state index is 0.225. The first-order chi connectivity index (χ1) is 9.16. The summed E-state index contributed by atoms with van der Waals surface area (Å²) < 4.78 is 0. The van der Waals surface area contributed by atoms with E-state index in [1.54, 1.807) is 7.05 Å². The van der Waals surface area contributed by atoms with Gasteiger partial charge in [-0.15, -0.1) is 0 Å². The van der Waals surface area contributed by atoms with Gasteiger partial charge in [0.1, 0.15) is 12.2 Å². The Kier molecular flexibility index (Phi) is 2.69. The van der Waals surface area contributed by atoms with Crippen LogP contribution in [0.15, 0.2) is 6.33 Å². The third-order valence-electron chi connectivity index (χ3n) is 3.22. The molecule has 0 saturated heterocycles. The zero-order valence-electron chi connectivity index (χ0n) is 10.6. The normalized spacial score (nSPS) is 14.6. The summed E-state index contributed by atoms with van der Waals surface area (Å²) in [7, 11) is 1.68. The van der Waals surface area contributed by atoms with Gasteiger partial charge in [0.15, 0.2) is 5.69 Å². The van der Waals surface area contributed by atoms with E-state index in [0.717, 1.165) is 18.5 Å². The Labute approximate surface area is 109 Å². The molecule has 0 aromatic carbocycles. The summed E-state index contributed by atoms with van der Waals surface area (Å²) in [6, 6.07) is 0. The Morgan fingerprint density at radius 3 is 2.95 bits per heavy atom. The first-order valence-electron chi connectivity index (χ1n) is 6.10. The summed E-state index contributed by atoms with van der Waals surface area (Å²) in [4.78, 5) is 17.7. The van der Waals surface area contributed by atoms with Crippen LogP contribution in [-0.4, -0.2) is 43.2 Å². The van der Waals surface area contributed by atoms with Crippen molar-refractivity contribution in [3.63, 3.8) is 0 Å². The predicted octanol–water partition coefficient (Wildman–Crippen LogP) is 0.260. The molecule has 2 heterocycles. The number of aromatic nitrogens is 5. The Morgan fingerprint density at radius 1 is 1.53 bits per heavy atom. The molecule has 0 bridgehead atoms. The van der Waals surface area contributed by atoms with E-state index >= 15 is 0 Å². The van der Waals surface area contributed by atoms with Gasteiger partial charge in [0.2, 0.25) is 0 Å². The zero-order valence-corrected chi connectivity index (χ0v) is 10.6. The molecule has 2 aromatic heterocycles. The zero-order chi connectivity index (χ0) is 13.4. The number of aromatic amines is 2. The number of carbonyl (C=O) groups is 1. The van der Waals surface area contributed by atoms with E-state index in [9.17, 15) is 4.79 Å². The molecule has 3 rings (SSSR count). The molecule has 0 aliphatic heterocycles. The number of nitrogen functional groups attached to an aromatic ring is 1. The van der Waals surface area contributed by atoms with Gasteiger partial charge in [0.05, 0.1) is 17.9 Å². The molecule has 0 radical (unpaired) electrons. The van der Waals surface area contributed by atoms with Crippen LogP contribution in [0.1, 0.15) is 40.8 Å². The monoisotopic (exact) mass is 261 g/mol. The van der Waals surface area contributed by atoms with Crippen molar-refractivity contribution in [1.29, 1.82) is 0 Å². The van der Waals surface area contributed by atoms with Crippen molar-refractivity contribution in [3.05, 3.63) is 23.5 Å². The van der Waals surface area contributed by atoms with Crippen LogP contribution in [0.5, 0.6) is 0 Å². The van der Waals surface area contributed by atoms with Crippen molar-refractivity contribution >= 4 is 11.6 Å². The Hall–Kier alpha value is -2.38. The minimum atomic E-state index is -0.225. The van der Waals surface area contributed by atoms with E-state index in [4.69, 9.17) is 5.73 Å². The van der Waals surface area contributed by atoms with Crippen LogP contribution >= 0.6 is 0 Å². The second-order valence-electron chi connectivity index (χ2n) is 4.77. The molecule has 0 atom stereocenters. The van der Waals surface area contributed by atoms with Crippen molar-refractivity contribution < 1.29 is 4.79 Å². The van der Waals surface area contributed by atoms with Crippen LogP contribution in [0.2, 0.25) is 0 Å². The molecule has 1 aliphatic rings. The highest BCUT2D eigenvalue weighted by Crippen LogP contribution is 2.42. The molecular weight excluding hydrogens is 246 g/mol. The smallest absolute Gasteiger partial charge is 0.276 e. The highest BCUT2D eigenvalue weighted by atomic mass is 16.2. The fourth-order valence-corrected chi connectivity index (χ4v) is 1.99. The third-order valence-corrected chi connectivity index (χ3v) is 3.22. The minimum Gasteiger partial charge on any atom is -0.395 e. The van der Waals surface area contributed by atoms with Gasteiger partial charge in [-0.1, -0.05) is 0 Å². The molecular formula is C11H15N7O. The summed E-state index contributed by atoms with van der Waals surface area (Å²) in [6.07, 6.45) is 3.61. The van der Waals surface area contributed by atoms with Crippen LogP contribution in [0.4, 0.5) is 5.69 Å². The molecule has 100 valence electrons. The number of nitrogens with zero attached hydrogens (tertiary/aromatic N) is 4. The first-order valence-corrected chi connectivity index (χ1v) is 6.10. The molecule has 19 heavy (non-hydrogen) atoms. The Bertz CT molecular complexity index is 584. The van der Waals surface area contributed by atoms with E-state index in [1.165, 1.54) is 11.2 Å². The lowest BCUT2D eigenvalue weighted by atomic mass is 10.2. The number of hydrogen-bond donors (Lipinski definition) is 3. The van der Waals surface area contributed by atoms with Crippen LogP contribution in [0, 0.1) is 0 Å². The van der Waals surface area contributed by atoms with Gasteiger partial charge in [0.25, 0.3) is 5.91 Å². The summed E-state index contributed by atoms with van der Waals surface area (Å²) in [5, 5.41) is 13.4. The van der Waals surface area contributed by atoms with Crippen molar-refractivity contribution in [2.24, 2.45) is 0 Å². The topological polar surface area (TPSA) is 117 Å². The average Bonchev–Trinajstić information content (AvgIpc) is 2.97. The van der Waals surface area contributed by atoms with Crippen LogP contribution in [0.25, 0.3) is 0 Å². The van der Waals surface area contributed by atoms with Gasteiger partial charge in [-0.05, 0) is 12.8 Å². The summed E-state index contributed by atoms with van der Waals surface area (Å²) in [5.74, 6) is 0.832. The standard InChI is InChI=1S/C11H15N7O/c1-18(4-7-13-5-14-15-7)11(19)10-8(12)9(16-17-10)6-2-3-6/h5-6H,2-4,12H2,1H3,(H,16,17)(H,13,14,15). The van der Waals surface area contributed by atoms with Crippen molar-refractivity contribution in [3.8, 4) is 0 Å². The van der Waals surface area contributed by atoms with Gasteiger partial charge in [-0.25, -0.2) is 4.98 Å². The summed E-state index contributed by atoms with van der Waals surface area (Å²) >= 11 is 0. The summed E-state index contributed by atoms with van der Waals surface area (Å²) in [6.45, 7) is 0.337. The Morgan fingerprint density at radius 2 is 2.32 bits per heavy atom. The molecule has 8 heteroatoms. The molecule has 1 saturated carbocycles. The van der Waals surface area contributed by atoms with E-state index in [0.29, 0.717) is 24.0 Å². The highest BCUT2D eigenvalue weighted by Gasteiger charge is 2.31. The third kappa shape index (κ3) is 2.16. The van der Waals surface area contributed by atoms with Crippen LogP contribution in [0.3, 0.4) is 0 Å². The SMILES string of the molecule is CN(Cc1ncn[nH]1)C(=O)c1n[nH]c(C2CC2)c1N. The number of nitrogens with two attached hydrogens (primary N) is 1. The molecule has 1 amide bonds. The molecule has 8 nitrogen and oxygen atoms in total. The van der Waals surface area contributed by atoms with E-state index in [1.807, 2.05) is 0 Å². The van der Waals surface area contributed by atoms with E-state index in [2.05, 4.69) is 25.4 Å². The summed E-state index contributed by atoms with van der Waals surface area (Å²) in [5.41, 5.74) is 7.62. The van der Waals surface area contributed by atoms with Gasteiger partial charge in [0, 0.05) is 13.0 Å². The van der Waals surface area contributed by atoms with Gasteiger partial charge in [-0.2, -0.15) is 10.2 Å². The quantitative estimate of drug-likeness (QED) is 0.729. The van der Waals surface area contributed by atoms with Crippen LogP contribution in [-0.2, 0) is 6.54 Å². The molecule has 0 unspecified atom stereocenters. The fraction of sp³-hybridized carbons (Fsp3) is 0.455. The van der Waals surface area contributed by atoms with Crippen molar-refractivity contribution in [2.45, 2.75) is 25.3 Å². The largest absolute Gasteiger partial charge is 0.395 e. The van der Waals surface area contributed by atoms with Gasteiger partial charge >= 0.3 is 0 Å². The lowest BCUT2D eigenvalue weighted by Crippen LogP contribution is -2.27. The van der Waals surface area contributed by atoms with Gasteiger partial charge < -0.3 is 10.6 Å². The van der Waals surface area contributed by atoms with Crippen molar-refractivity contribution in [1.82, 2.24) is 30.3 Å². The number of rotatable bonds is 4.